The van der Waals surface area contributed by atoms with E-state index in [0.717, 1.165) is 0 Å². The van der Waals surface area contributed by atoms with Gasteiger partial charge in [0.15, 0.2) is 0 Å². The summed E-state index contributed by atoms with van der Waals surface area (Å²) in [5.41, 5.74) is 0. The van der Waals surface area contributed by atoms with Crippen molar-refractivity contribution in [3.63, 3.8) is 0 Å². The summed E-state index contributed by atoms with van der Waals surface area (Å²) < 4.78 is 205. The van der Waals surface area contributed by atoms with Crippen molar-refractivity contribution < 1.29 is 156 Å². The zero-order valence-corrected chi connectivity index (χ0v) is 26.6. The molecule has 4 N–H and O–H groups in total. The standard InChI is InChI=1S/Al.Cr.Fe.Mg.H4N2.Ni.6H2O4S/c;;;;1-2;;6*1-5(2,3)4/h;;;;1-2H2;;6*(H2,1,2,3,4)/q2*+3;2*+2;;+2;;;;;;/p-12. The van der Waals surface area contributed by atoms with Crippen LogP contribution in [0.2, 0.25) is 0 Å². The minimum atomic E-state index is -5.17. The predicted molar refractivity (Wildman–Crippen MR) is 82.7 cm³/mol. The molecule has 0 saturated carbocycles. The van der Waals surface area contributed by atoms with Gasteiger partial charge in [-0.3, -0.25) is 62.2 Å². The molecule has 0 aliphatic carbocycles. The molecule has 0 atom stereocenters. The van der Waals surface area contributed by atoms with Crippen LogP contribution in [0.3, 0.4) is 0 Å². The molecular weight excluding hydrogens is 822 g/mol. The fraction of sp³-hybridized carbons (Fsp3) is 0. The van der Waals surface area contributed by atoms with Crippen LogP contribution in [0.4, 0.5) is 0 Å². The average Bonchev–Trinajstić information content (AvgIpc) is 2.14. The molecule has 0 saturated heterocycles. The summed E-state index contributed by atoms with van der Waals surface area (Å²) in [7, 11) is -31.0. The largest absolute Gasteiger partial charge is 3.00 e. The Labute approximate surface area is 268 Å². The summed E-state index contributed by atoms with van der Waals surface area (Å²) in [5, 5.41) is 0. The van der Waals surface area contributed by atoms with E-state index in [4.69, 9.17) is 105 Å². The molecule has 0 spiro atoms. The maximum absolute atomic E-state index is 8.52. The van der Waals surface area contributed by atoms with E-state index < -0.39 is 62.4 Å². The normalized spacial score (nSPS) is 9.57. The Balaban J connectivity index is -0.0000000195. The number of hydrazine groups is 1. The monoisotopic (exact) mass is 825 g/mol. The zero-order valence-electron chi connectivity index (χ0n) is 15.8. The van der Waals surface area contributed by atoms with Crippen LogP contribution in [0.5, 0.6) is 0 Å². The molecule has 0 fully saturated rings. The van der Waals surface area contributed by atoms with Crippen molar-refractivity contribution in [1.29, 1.82) is 0 Å². The fourth-order valence-electron chi connectivity index (χ4n) is 0. The van der Waals surface area contributed by atoms with Crippen LogP contribution >= 0.6 is 0 Å². The zero-order chi connectivity index (χ0) is 29.0. The first-order valence-electron chi connectivity index (χ1n) is 4.33. The van der Waals surface area contributed by atoms with Gasteiger partial charge < -0.3 is 54.6 Å². The second kappa shape index (κ2) is 36.0. The Kier molecular flexibility index (Phi) is 75.2. The van der Waals surface area contributed by atoms with Crippen molar-refractivity contribution in [2.75, 3.05) is 0 Å². The maximum Gasteiger partial charge on any atom is 3.00 e. The SMILES string of the molecule is NN.O=S(=O)([O-])[O-].O=S(=O)([O-])[O-].O=S(=O)([O-])[O-].O=S(=O)([O-])[O-].O=S(=O)([O-])[O-].O=S(=O)([O-])[O-].[Al+3].[Cr+3].[Fe+2].[Mg+2].[Ni+2]. The molecule has 0 aliphatic rings. The third-order valence-electron chi connectivity index (χ3n) is 0. The van der Waals surface area contributed by atoms with Crippen molar-refractivity contribution in [2.45, 2.75) is 0 Å². The van der Waals surface area contributed by atoms with E-state index in [0.29, 0.717) is 0 Å². The molecule has 223 valence electrons. The number of nitrogens with two attached hydrogens (primary N) is 2. The molecule has 26 nitrogen and oxygen atoms in total. The molecular formula is H4AlCrFeMgN2NiO24S6. The third kappa shape index (κ3) is 12500. The summed E-state index contributed by atoms with van der Waals surface area (Å²) in [6, 6.07) is 0. The molecule has 0 aromatic heterocycles. The van der Waals surface area contributed by atoms with E-state index in [1.54, 1.807) is 0 Å². The third-order valence-corrected chi connectivity index (χ3v) is 0. The first kappa shape index (κ1) is 77.2. The number of hydrogen-bond donors (Lipinski definition) is 2. The van der Waals surface area contributed by atoms with E-state index in [1.807, 2.05) is 0 Å². The number of hydrogen-bond acceptors (Lipinski definition) is 26. The van der Waals surface area contributed by atoms with Gasteiger partial charge in [0.2, 0.25) is 0 Å². The maximum atomic E-state index is 8.52. The van der Waals surface area contributed by atoms with Gasteiger partial charge in [-0.2, -0.15) is 0 Å². The van der Waals surface area contributed by atoms with Crippen molar-refractivity contribution in [2.24, 2.45) is 11.7 Å². The van der Waals surface area contributed by atoms with Crippen LogP contribution in [-0.2, 0) is 113 Å². The minimum Gasteiger partial charge on any atom is -0.759 e. The fourth-order valence-corrected chi connectivity index (χ4v) is 0. The van der Waals surface area contributed by atoms with Crippen LogP contribution in [0, 0.1) is 0 Å². The summed E-state index contributed by atoms with van der Waals surface area (Å²) in [6.07, 6.45) is 0. The van der Waals surface area contributed by atoms with Crippen molar-refractivity contribution in [3.05, 3.63) is 0 Å². The van der Waals surface area contributed by atoms with Gasteiger partial charge in [-0.05, 0) is 0 Å². The smallest absolute Gasteiger partial charge is 0.759 e. The van der Waals surface area contributed by atoms with E-state index >= 15 is 0 Å². The van der Waals surface area contributed by atoms with Gasteiger partial charge in [-0.25, -0.2) is 0 Å². The molecule has 0 rings (SSSR count). The second-order valence-electron chi connectivity index (χ2n) is 2.45. The van der Waals surface area contributed by atoms with Crippen molar-refractivity contribution in [1.82, 2.24) is 0 Å². The molecule has 37 heavy (non-hydrogen) atoms. The molecule has 0 bridgehead atoms. The Morgan fingerprint density at radius 2 is 0.351 bits per heavy atom. The molecule has 0 amide bonds. The molecule has 0 aromatic rings. The topological polar surface area (TPSA) is 534 Å². The van der Waals surface area contributed by atoms with Crippen LogP contribution in [0.15, 0.2) is 0 Å². The van der Waals surface area contributed by atoms with Gasteiger partial charge in [-0.15, -0.1) is 0 Å². The Morgan fingerprint density at radius 1 is 0.351 bits per heavy atom. The predicted octanol–water partition coefficient (Wildman–Crippen LogP) is -9.98. The average molecular weight is 826 g/mol. The minimum absolute atomic E-state index is 0. The summed E-state index contributed by atoms with van der Waals surface area (Å²) in [4.78, 5) is 0. The van der Waals surface area contributed by atoms with E-state index in [2.05, 4.69) is 11.7 Å². The first-order chi connectivity index (χ1) is 13.0. The van der Waals surface area contributed by atoms with Crippen molar-refractivity contribution in [3.8, 4) is 0 Å². The Hall–Kier alpha value is 1.98. The second-order valence-corrected chi connectivity index (χ2v) is 7.35. The van der Waals surface area contributed by atoms with E-state index in [1.165, 1.54) is 0 Å². The van der Waals surface area contributed by atoms with Crippen molar-refractivity contribution >= 4 is 103 Å². The van der Waals surface area contributed by atoms with Crippen LogP contribution < -0.4 is 11.7 Å². The van der Waals surface area contributed by atoms with Gasteiger partial charge in [0.25, 0.3) is 0 Å². The number of rotatable bonds is 0. The molecule has 0 heterocycles. The molecule has 0 aliphatic heterocycles. The molecule has 0 aromatic carbocycles. The molecule has 37 heteroatoms. The van der Waals surface area contributed by atoms with E-state index in [-0.39, 0.29) is 91.3 Å². The molecule has 0 unspecified atom stereocenters. The van der Waals surface area contributed by atoms with Gasteiger partial charge in [0, 0.05) is 62.4 Å². The Morgan fingerprint density at radius 3 is 0.351 bits per heavy atom. The first-order valence-corrected chi connectivity index (χ1v) is 12.3. The van der Waals surface area contributed by atoms with E-state index in [9.17, 15) is 0 Å². The van der Waals surface area contributed by atoms with Gasteiger partial charge in [0.1, 0.15) is 0 Å². The molecule has 1 radical (unpaired) electrons. The van der Waals surface area contributed by atoms with Gasteiger partial charge in [-0.1, -0.05) is 0 Å². The summed E-state index contributed by atoms with van der Waals surface area (Å²) in [5.74, 6) is 8.00. The van der Waals surface area contributed by atoms with Crippen LogP contribution in [-0.4, -0.2) is 146 Å². The van der Waals surface area contributed by atoms with Gasteiger partial charge in [0.05, 0.1) is 0 Å². The quantitative estimate of drug-likeness (QED) is 0.0752. The summed E-state index contributed by atoms with van der Waals surface area (Å²) in [6.45, 7) is 0. The summed E-state index contributed by atoms with van der Waals surface area (Å²) >= 11 is 0. The Bertz CT molecular complexity index is 797. The van der Waals surface area contributed by atoms with Crippen LogP contribution in [0.1, 0.15) is 0 Å². The van der Waals surface area contributed by atoms with Gasteiger partial charge >= 0.3 is 91.3 Å². The van der Waals surface area contributed by atoms with Crippen LogP contribution in [0.25, 0.3) is 0 Å².